The summed E-state index contributed by atoms with van der Waals surface area (Å²) in [6.45, 7) is 4.31. The molecule has 216 valence electrons. The summed E-state index contributed by atoms with van der Waals surface area (Å²) < 4.78 is 79.2. The average Bonchev–Trinajstić information content (AvgIpc) is 2.93. The van der Waals surface area contributed by atoms with Crippen LogP contribution in [0.1, 0.15) is 42.4 Å². The number of rotatable bonds is 7. The average molecular weight is 569 g/mol. The van der Waals surface area contributed by atoms with Crippen LogP contribution in [0.4, 0.5) is 37.8 Å². The maximum atomic E-state index is 13.6. The molecule has 1 aromatic heterocycles. The van der Waals surface area contributed by atoms with Crippen molar-refractivity contribution in [1.82, 2.24) is 15.2 Å². The highest BCUT2D eigenvalue weighted by Crippen LogP contribution is 2.36. The van der Waals surface area contributed by atoms with Crippen molar-refractivity contribution < 1.29 is 31.1 Å². The summed E-state index contributed by atoms with van der Waals surface area (Å²) in [5.74, 6) is 0.207. The second-order valence-corrected chi connectivity index (χ2v) is 9.92. The monoisotopic (exact) mass is 568 g/mol. The Morgan fingerprint density at radius 1 is 1.02 bits per heavy atom. The third-order valence-corrected chi connectivity index (χ3v) is 7.29. The number of piperidine rings is 1. The first-order valence-corrected chi connectivity index (χ1v) is 13.1. The number of piperazine rings is 1. The number of carbonyl (C=O) groups excluding carboxylic acids is 1. The van der Waals surface area contributed by atoms with Crippen molar-refractivity contribution in [2.24, 2.45) is 0 Å². The van der Waals surface area contributed by atoms with Crippen LogP contribution in [0, 0.1) is 11.3 Å². The molecule has 2 saturated heterocycles. The van der Waals surface area contributed by atoms with Gasteiger partial charge < -0.3 is 15.1 Å². The molecule has 0 radical (unpaired) electrons. The molecule has 40 heavy (non-hydrogen) atoms. The third-order valence-electron chi connectivity index (χ3n) is 7.29. The van der Waals surface area contributed by atoms with E-state index in [0.717, 1.165) is 24.4 Å². The number of halogens is 6. The minimum Gasteiger partial charge on any atom is -0.354 e. The SMILES string of the molecule is N#Cc1ccc(N(C(=O)CCCN2CCN(c3ccc(C(F)(F)F)cn3)CC2)C2CCNCC2)cc1C(F)(F)F. The molecule has 2 aliphatic heterocycles. The number of benzene rings is 1. The predicted molar refractivity (Wildman–Crippen MR) is 137 cm³/mol. The smallest absolute Gasteiger partial charge is 0.354 e. The minimum absolute atomic E-state index is 0.140. The van der Waals surface area contributed by atoms with E-state index < -0.39 is 29.0 Å². The third kappa shape index (κ3) is 7.22. The van der Waals surface area contributed by atoms with Gasteiger partial charge >= 0.3 is 12.4 Å². The highest BCUT2D eigenvalue weighted by Gasteiger charge is 2.36. The van der Waals surface area contributed by atoms with Crippen molar-refractivity contribution in [3.8, 4) is 6.07 Å². The zero-order valence-corrected chi connectivity index (χ0v) is 21.7. The summed E-state index contributed by atoms with van der Waals surface area (Å²) in [7, 11) is 0. The lowest BCUT2D eigenvalue weighted by molar-refractivity contribution is -0.138. The molecule has 7 nitrogen and oxygen atoms in total. The number of nitrogens with zero attached hydrogens (tertiary/aromatic N) is 5. The quantitative estimate of drug-likeness (QED) is 0.489. The summed E-state index contributed by atoms with van der Waals surface area (Å²) in [6, 6.07) is 7.12. The Hall–Kier alpha value is -3.37. The second kappa shape index (κ2) is 12.4. The lowest BCUT2D eigenvalue weighted by Crippen LogP contribution is -2.48. The van der Waals surface area contributed by atoms with Crippen LogP contribution in [0.2, 0.25) is 0 Å². The fraction of sp³-hybridized carbons (Fsp3) is 0.519. The molecule has 2 aliphatic rings. The number of anilines is 2. The van der Waals surface area contributed by atoms with Crippen LogP contribution in [-0.4, -0.2) is 67.6 Å². The molecule has 4 rings (SSSR count). The Labute approximate surface area is 228 Å². The Morgan fingerprint density at radius 2 is 1.73 bits per heavy atom. The van der Waals surface area contributed by atoms with Crippen LogP contribution >= 0.6 is 0 Å². The fourth-order valence-corrected chi connectivity index (χ4v) is 5.15. The van der Waals surface area contributed by atoms with Crippen molar-refractivity contribution in [1.29, 1.82) is 5.26 Å². The van der Waals surface area contributed by atoms with Gasteiger partial charge in [-0.25, -0.2) is 4.98 Å². The Balaban J connectivity index is 1.35. The molecule has 0 aliphatic carbocycles. The molecule has 13 heteroatoms. The summed E-state index contributed by atoms with van der Waals surface area (Å²) in [5.41, 5.74) is -2.20. The Bertz CT molecular complexity index is 1200. The van der Waals surface area contributed by atoms with Crippen LogP contribution in [-0.2, 0) is 17.1 Å². The maximum absolute atomic E-state index is 13.6. The van der Waals surface area contributed by atoms with Gasteiger partial charge in [0.1, 0.15) is 5.82 Å². The number of alkyl halides is 6. The van der Waals surface area contributed by atoms with Crippen molar-refractivity contribution in [3.05, 3.63) is 53.2 Å². The van der Waals surface area contributed by atoms with E-state index in [1.165, 1.54) is 17.0 Å². The van der Waals surface area contributed by atoms with Gasteiger partial charge in [-0.3, -0.25) is 9.69 Å². The molecule has 0 bridgehead atoms. The predicted octanol–water partition coefficient (Wildman–Crippen LogP) is 4.68. The minimum atomic E-state index is -4.72. The molecular formula is C27H30F6N6O. The Morgan fingerprint density at radius 3 is 2.30 bits per heavy atom. The molecule has 1 aromatic carbocycles. The summed E-state index contributed by atoms with van der Waals surface area (Å²) in [5, 5.41) is 12.3. The molecule has 0 spiro atoms. The van der Waals surface area contributed by atoms with E-state index in [1.54, 1.807) is 6.07 Å². The number of nitriles is 1. The summed E-state index contributed by atoms with van der Waals surface area (Å²) >= 11 is 0. The molecular weight excluding hydrogens is 538 g/mol. The van der Waals surface area contributed by atoms with Gasteiger partial charge in [-0.05, 0) is 69.2 Å². The van der Waals surface area contributed by atoms with E-state index in [9.17, 15) is 31.1 Å². The van der Waals surface area contributed by atoms with Crippen LogP contribution in [0.15, 0.2) is 36.5 Å². The van der Waals surface area contributed by atoms with Crippen LogP contribution < -0.4 is 15.1 Å². The van der Waals surface area contributed by atoms with Gasteiger partial charge in [0.25, 0.3) is 0 Å². The molecule has 1 N–H and O–H groups in total. The highest BCUT2D eigenvalue weighted by molar-refractivity contribution is 5.94. The summed E-state index contributed by atoms with van der Waals surface area (Å²) in [4.78, 5) is 22.8. The zero-order valence-electron chi connectivity index (χ0n) is 21.7. The standard InChI is InChI=1S/C27H30F6N6O/c28-26(29,30)20-4-6-24(36-18-20)38-14-12-37(13-15-38)11-1-2-25(40)39(21-7-9-35-10-8-21)22-5-3-19(17-34)23(16-22)27(31,32)33/h3-6,16,18,21,35H,1-2,7-15H2. The lowest BCUT2D eigenvalue weighted by atomic mass is 10.0. The van der Waals surface area contributed by atoms with Crippen LogP contribution in [0.25, 0.3) is 0 Å². The van der Waals surface area contributed by atoms with Crippen LogP contribution in [0.3, 0.4) is 0 Å². The normalized spacial score (nSPS) is 17.5. The number of hydrogen-bond donors (Lipinski definition) is 1. The molecule has 0 unspecified atom stereocenters. The molecule has 0 atom stereocenters. The van der Waals surface area contributed by atoms with Gasteiger partial charge in [-0.15, -0.1) is 0 Å². The van der Waals surface area contributed by atoms with Crippen molar-refractivity contribution in [2.75, 3.05) is 55.6 Å². The fourth-order valence-electron chi connectivity index (χ4n) is 5.15. The van der Waals surface area contributed by atoms with E-state index in [-0.39, 0.29) is 24.1 Å². The molecule has 0 saturated carbocycles. The highest BCUT2D eigenvalue weighted by atomic mass is 19.4. The van der Waals surface area contributed by atoms with Gasteiger partial charge in [0.05, 0.1) is 22.8 Å². The first-order chi connectivity index (χ1) is 19.0. The van der Waals surface area contributed by atoms with Gasteiger partial charge in [-0.2, -0.15) is 31.6 Å². The maximum Gasteiger partial charge on any atom is 0.417 e. The van der Waals surface area contributed by atoms with Crippen molar-refractivity contribution in [2.45, 2.75) is 44.1 Å². The molecule has 2 fully saturated rings. The number of hydrogen-bond acceptors (Lipinski definition) is 6. The Kier molecular flexibility index (Phi) is 9.20. The van der Waals surface area contributed by atoms with E-state index in [0.29, 0.717) is 70.9 Å². The first kappa shape index (κ1) is 29.6. The number of amides is 1. The number of aromatic nitrogens is 1. The van der Waals surface area contributed by atoms with Crippen molar-refractivity contribution >= 4 is 17.4 Å². The van der Waals surface area contributed by atoms with E-state index in [4.69, 9.17) is 5.26 Å². The van der Waals surface area contributed by atoms with Gasteiger partial charge in [0.15, 0.2) is 0 Å². The first-order valence-electron chi connectivity index (χ1n) is 13.1. The van der Waals surface area contributed by atoms with Gasteiger partial charge in [0.2, 0.25) is 5.91 Å². The number of nitrogens with one attached hydrogen (secondary N) is 1. The largest absolute Gasteiger partial charge is 0.417 e. The zero-order chi connectivity index (χ0) is 28.9. The molecule has 3 heterocycles. The lowest BCUT2D eigenvalue weighted by Gasteiger charge is -2.36. The van der Waals surface area contributed by atoms with Crippen molar-refractivity contribution in [3.63, 3.8) is 0 Å². The molecule has 2 aromatic rings. The molecule has 1 amide bonds. The van der Waals surface area contributed by atoms with Gasteiger partial charge in [0, 0.05) is 50.5 Å². The van der Waals surface area contributed by atoms with E-state index in [1.807, 2.05) is 4.90 Å². The number of pyridine rings is 1. The van der Waals surface area contributed by atoms with Crippen LogP contribution in [0.5, 0.6) is 0 Å². The van der Waals surface area contributed by atoms with E-state index in [2.05, 4.69) is 15.2 Å². The topological polar surface area (TPSA) is 75.5 Å². The number of carbonyl (C=O) groups is 1. The second-order valence-electron chi connectivity index (χ2n) is 9.92. The summed E-state index contributed by atoms with van der Waals surface area (Å²) in [6.07, 6.45) is -6.48. The van der Waals surface area contributed by atoms with E-state index >= 15 is 0 Å². The van der Waals surface area contributed by atoms with Gasteiger partial charge in [-0.1, -0.05) is 0 Å².